The predicted molar refractivity (Wildman–Crippen MR) is 249 cm³/mol. The maximum absolute atomic E-state index is 6.74. The van der Waals surface area contributed by atoms with E-state index in [-0.39, 0.29) is 6.17 Å². The second-order valence-electron chi connectivity index (χ2n) is 15.8. The summed E-state index contributed by atoms with van der Waals surface area (Å²) in [5.74, 6) is 3.12. The molecule has 0 amide bonds. The first-order valence-electron chi connectivity index (χ1n) is 21.1. The molecule has 3 aliphatic rings. The molecule has 1 aliphatic carbocycles. The number of fused-ring (bicyclic) bond motifs is 9. The van der Waals surface area contributed by atoms with Gasteiger partial charge in [0.1, 0.15) is 23.5 Å². The Morgan fingerprint density at radius 1 is 0.629 bits per heavy atom. The van der Waals surface area contributed by atoms with Gasteiger partial charge in [-0.3, -0.25) is 4.98 Å². The van der Waals surface area contributed by atoms with Gasteiger partial charge < -0.3 is 15.8 Å². The van der Waals surface area contributed by atoms with Crippen LogP contribution in [0.5, 0.6) is 11.5 Å². The highest BCUT2D eigenvalue weighted by atomic mass is 16.5. The van der Waals surface area contributed by atoms with Crippen LogP contribution in [-0.2, 0) is 5.41 Å². The zero-order valence-electron chi connectivity index (χ0n) is 34.2. The van der Waals surface area contributed by atoms with Gasteiger partial charge >= 0.3 is 0 Å². The van der Waals surface area contributed by atoms with Crippen molar-refractivity contribution in [3.63, 3.8) is 0 Å². The number of benzene rings is 6. The first-order valence-corrected chi connectivity index (χ1v) is 21.1. The van der Waals surface area contributed by atoms with E-state index in [0.29, 0.717) is 12.4 Å². The second kappa shape index (κ2) is 15.4. The normalized spacial score (nSPS) is 15.6. The number of allylic oxidation sites excluding steroid dienone is 1. The number of aromatic nitrogens is 2. The maximum atomic E-state index is 6.74. The topological polar surface area (TPSA) is 97.8 Å². The summed E-state index contributed by atoms with van der Waals surface area (Å²) in [7, 11) is 0. The summed E-state index contributed by atoms with van der Waals surface area (Å²) >= 11 is 0. The second-order valence-corrected chi connectivity index (χ2v) is 15.8. The van der Waals surface area contributed by atoms with Gasteiger partial charge in [-0.2, -0.15) is 0 Å². The van der Waals surface area contributed by atoms with Crippen LogP contribution in [0.1, 0.15) is 64.1 Å². The predicted octanol–water partition coefficient (Wildman–Crippen LogP) is 11.5. The Morgan fingerprint density at radius 2 is 1.26 bits per heavy atom. The summed E-state index contributed by atoms with van der Waals surface area (Å²) < 4.78 is 6.74. The molecule has 2 aliphatic heterocycles. The Bertz CT molecular complexity index is 3060. The molecule has 1 unspecified atom stereocenters. The first-order chi connectivity index (χ1) is 30.6. The van der Waals surface area contributed by atoms with Gasteiger partial charge in [-0.15, -0.1) is 0 Å². The van der Waals surface area contributed by atoms with Crippen molar-refractivity contribution >= 4 is 17.2 Å². The zero-order chi connectivity index (χ0) is 41.6. The molecule has 0 radical (unpaired) electrons. The molecule has 0 fully saturated rings. The van der Waals surface area contributed by atoms with Crippen LogP contribution in [0, 0.1) is 0 Å². The fraction of sp³-hybridized carbons (Fsp3) is 0.0909. The molecule has 62 heavy (non-hydrogen) atoms. The Morgan fingerprint density at radius 3 is 1.94 bits per heavy atom. The van der Waals surface area contributed by atoms with Gasteiger partial charge in [0.2, 0.25) is 0 Å². The van der Waals surface area contributed by atoms with E-state index < -0.39 is 5.41 Å². The summed E-state index contributed by atoms with van der Waals surface area (Å²) in [6.45, 7) is 2.59. The van der Waals surface area contributed by atoms with E-state index in [1.54, 1.807) is 0 Å². The van der Waals surface area contributed by atoms with Crippen molar-refractivity contribution in [3.8, 4) is 45.0 Å². The Kier molecular flexibility index (Phi) is 9.24. The lowest BCUT2D eigenvalue weighted by Gasteiger charge is -2.39. The zero-order valence-corrected chi connectivity index (χ0v) is 34.2. The third kappa shape index (κ3) is 6.16. The van der Waals surface area contributed by atoms with Gasteiger partial charge in [0, 0.05) is 40.2 Å². The van der Waals surface area contributed by atoms with Crippen molar-refractivity contribution in [2.24, 2.45) is 15.7 Å². The van der Waals surface area contributed by atoms with Crippen LogP contribution in [0.25, 0.3) is 39.1 Å². The lowest BCUT2D eigenvalue weighted by atomic mass is 9.65. The quantitative estimate of drug-likeness (QED) is 0.159. The fourth-order valence-electron chi connectivity index (χ4n) is 9.45. The van der Waals surface area contributed by atoms with Crippen LogP contribution in [0.4, 0.5) is 0 Å². The number of nitrogens with zero attached hydrogens (tertiary/aromatic N) is 4. The number of nitrogens with two attached hydrogens (primary N) is 1. The number of amidine groups is 2. The monoisotopic (exact) mass is 802 g/mol. The summed E-state index contributed by atoms with van der Waals surface area (Å²) in [6, 6.07) is 59.7. The highest BCUT2D eigenvalue weighted by molar-refractivity contribution is 6.13. The maximum Gasteiger partial charge on any atom is 0.159 e. The lowest BCUT2D eigenvalue weighted by Crippen LogP contribution is -2.34. The molecule has 7 heteroatoms. The molecule has 298 valence electrons. The van der Waals surface area contributed by atoms with Gasteiger partial charge in [0.05, 0.1) is 16.8 Å². The standard InChI is InChI=1S/C55H42N6O/c1-2-35(25-28-56)48-33-41(34-49(58-48)36-26-29-57-30-27-36)39-21-23-42-43-24-22-40(54-60-52(37-13-5-3-6-14-37)59-53(61-54)38-15-7-4-8-16-38)32-47(43)55(46(42)31-39)44-17-9-11-19-50(44)62-51-20-12-10-18-45(51)55/h2-24,26-27,29-34,52H,25,28,56H2,1H3,(H,59,60,61)/b35-2+. The molecule has 0 saturated carbocycles. The molecule has 8 aromatic rings. The minimum atomic E-state index is -0.724. The minimum absolute atomic E-state index is 0.319. The SMILES string of the molecule is C/C=C(\CCN)c1cc(-c2ccc3c(c2)C2(c4ccccc4Oc4ccccc42)c2cc(C4=NC(c5ccccc5)NC(c5ccccc5)=N4)ccc2-3)cc(-c2ccncc2)n1. The van der Waals surface area contributed by atoms with Gasteiger partial charge in [0.25, 0.3) is 0 Å². The van der Waals surface area contributed by atoms with Crippen molar-refractivity contribution in [2.75, 3.05) is 6.54 Å². The molecule has 3 N–H and O–H groups in total. The minimum Gasteiger partial charge on any atom is -0.457 e. The molecule has 7 nitrogen and oxygen atoms in total. The molecule has 0 saturated heterocycles. The first kappa shape index (κ1) is 37.3. The Hall–Kier alpha value is -7.74. The van der Waals surface area contributed by atoms with E-state index in [9.17, 15) is 0 Å². The van der Waals surface area contributed by atoms with Gasteiger partial charge in [-0.25, -0.2) is 15.0 Å². The van der Waals surface area contributed by atoms with Crippen LogP contribution in [0.3, 0.4) is 0 Å². The number of pyridine rings is 2. The van der Waals surface area contributed by atoms with Gasteiger partial charge in [-0.05, 0) is 113 Å². The summed E-state index contributed by atoms with van der Waals surface area (Å²) in [5, 5.41) is 3.62. The van der Waals surface area contributed by atoms with E-state index in [4.69, 9.17) is 25.4 Å². The molecule has 4 heterocycles. The van der Waals surface area contributed by atoms with Crippen LogP contribution in [-0.4, -0.2) is 28.2 Å². The summed E-state index contributed by atoms with van der Waals surface area (Å²) in [6.07, 6.45) is 6.16. The third-order valence-electron chi connectivity index (χ3n) is 12.3. The number of para-hydroxylation sites is 2. The molecule has 1 spiro atoms. The van der Waals surface area contributed by atoms with E-state index in [2.05, 4.69) is 157 Å². The number of hydrogen-bond donors (Lipinski definition) is 2. The Labute approximate surface area is 361 Å². The number of rotatable bonds is 8. The summed E-state index contributed by atoms with van der Waals surface area (Å²) in [4.78, 5) is 20.0. The van der Waals surface area contributed by atoms with Crippen LogP contribution in [0.15, 0.2) is 198 Å². The highest BCUT2D eigenvalue weighted by Gasteiger charge is 2.51. The summed E-state index contributed by atoms with van der Waals surface area (Å²) in [5.41, 5.74) is 21.3. The number of hydrogen-bond acceptors (Lipinski definition) is 7. The van der Waals surface area contributed by atoms with Crippen LogP contribution >= 0.6 is 0 Å². The fourth-order valence-corrected chi connectivity index (χ4v) is 9.45. The van der Waals surface area contributed by atoms with Gasteiger partial charge in [-0.1, -0.05) is 127 Å². The molecule has 6 aromatic carbocycles. The number of aliphatic imine (C=N–C) groups is 2. The van der Waals surface area contributed by atoms with E-state index >= 15 is 0 Å². The van der Waals surface area contributed by atoms with Crippen molar-refractivity contribution < 1.29 is 4.74 Å². The van der Waals surface area contributed by atoms with Crippen molar-refractivity contribution in [1.29, 1.82) is 0 Å². The van der Waals surface area contributed by atoms with E-state index in [0.717, 1.165) is 96.4 Å². The molecule has 2 aromatic heterocycles. The van der Waals surface area contributed by atoms with Crippen LogP contribution < -0.4 is 15.8 Å². The molecule has 11 rings (SSSR count). The molecular weight excluding hydrogens is 761 g/mol. The molecular formula is C55H42N6O. The highest BCUT2D eigenvalue weighted by Crippen LogP contribution is 2.62. The number of ether oxygens (including phenoxy) is 1. The largest absolute Gasteiger partial charge is 0.457 e. The van der Waals surface area contributed by atoms with E-state index in [1.807, 2.05) is 48.8 Å². The molecule has 0 bridgehead atoms. The van der Waals surface area contributed by atoms with Crippen molar-refractivity contribution in [3.05, 3.63) is 233 Å². The van der Waals surface area contributed by atoms with Crippen LogP contribution in [0.2, 0.25) is 0 Å². The van der Waals surface area contributed by atoms with Gasteiger partial charge in [0.15, 0.2) is 5.84 Å². The third-order valence-corrected chi connectivity index (χ3v) is 12.3. The average Bonchev–Trinajstić information content (AvgIpc) is 3.63. The Balaban J connectivity index is 1.15. The van der Waals surface area contributed by atoms with Crippen molar-refractivity contribution in [1.82, 2.24) is 15.3 Å². The smallest absolute Gasteiger partial charge is 0.159 e. The van der Waals surface area contributed by atoms with Crippen molar-refractivity contribution in [2.45, 2.75) is 24.9 Å². The van der Waals surface area contributed by atoms with E-state index in [1.165, 1.54) is 11.1 Å². The number of nitrogens with one attached hydrogen (secondary N) is 1. The lowest BCUT2D eigenvalue weighted by molar-refractivity contribution is 0.436. The molecule has 1 atom stereocenters. The average molecular weight is 803 g/mol.